The van der Waals surface area contributed by atoms with Crippen molar-refractivity contribution in [2.24, 2.45) is 0 Å². The highest BCUT2D eigenvalue weighted by molar-refractivity contribution is 6.32. The Kier molecular flexibility index (Phi) is 4.34. The summed E-state index contributed by atoms with van der Waals surface area (Å²) in [5.74, 6) is -1.20. The number of carboxylic acids is 1. The highest BCUT2D eigenvalue weighted by Crippen LogP contribution is 2.36. The minimum atomic E-state index is -0.983. The van der Waals surface area contributed by atoms with E-state index in [4.69, 9.17) is 26.2 Å². The van der Waals surface area contributed by atoms with Crippen LogP contribution in [0.5, 0.6) is 11.5 Å². The van der Waals surface area contributed by atoms with Crippen molar-refractivity contribution in [3.05, 3.63) is 22.7 Å². The molecule has 0 unspecified atom stereocenters. The second kappa shape index (κ2) is 5.54. The molecular formula is C11H11ClO5. The number of esters is 1. The van der Waals surface area contributed by atoms with Crippen LogP contribution in [-0.4, -0.2) is 24.2 Å². The van der Waals surface area contributed by atoms with E-state index in [-0.39, 0.29) is 22.9 Å². The number of aliphatic carboxylic acids is 1. The summed E-state index contributed by atoms with van der Waals surface area (Å²) in [6.45, 7) is 1.24. The van der Waals surface area contributed by atoms with Gasteiger partial charge in [-0.25, -0.2) is 0 Å². The van der Waals surface area contributed by atoms with Crippen LogP contribution in [0.25, 0.3) is 0 Å². The van der Waals surface area contributed by atoms with E-state index in [1.807, 2.05) is 0 Å². The van der Waals surface area contributed by atoms with Crippen LogP contribution in [0.4, 0.5) is 0 Å². The first-order valence-corrected chi connectivity index (χ1v) is 5.08. The maximum absolute atomic E-state index is 10.9. The molecule has 1 rings (SSSR count). The molecule has 0 aromatic heterocycles. The van der Waals surface area contributed by atoms with E-state index >= 15 is 0 Å². The lowest BCUT2D eigenvalue weighted by molar-refractivity contribution is -0.136. The molecule has 0 aliphatic rings. The van der Waals surface area contributed by atoms with Gasteiger partial charge in [0.15, 0.2) is 11.5 Å². The van der Waals surface area contributed by atoms with Gasteiger partial charge in [0.2, 0.25) is 0 Å². The molecule has 5 nitrogen and oxygen atoms in total. The third-order valence-corrected chi connectivity index (χ3v) is 2.17. The van der Waals surface area contributed by atoms with Crippen molar-refractivity contribution in [2.75, 3.05) is 7.11 Å². The fraction of sp³-hybridized carbons (Fsp3) is 0.273. The summed E-state index contributed by atoms with van der Waals surface area (Å²) >= 11 is 5.89. The van der Waals surface area contributed by atoms with Gasteiger partial charge in [-0.1, -0.05) is 11.6 Å². The lowest BCUT2D eigenvalue weighted by Gasteiger charge is -2.11. The largest absolute Gasteiger partial charge is 0.493 e. The molecule has 0 saturated heterocycles. The SMILES string of the molecule is COc1cc(CC(=O)O)cc(Cl)c1OC(C)=O. The van der Waals surface area contributed by atoms with Gasteiger partial charge in [0.05, 0.1) is 18.6 Å². The Labute approximate surface area is 103 Å². The number of carboxylic acid groups (broad SMARTS) is 1. The molecule has 0 fully saturated rings. The number of hydrogen-bond acceptors (Lipinski definition) is 4. The van der Waals surface area contributed by atoms with Gasteiger partial charge in [-0.15, -0.1) is 0 Å². The number of hydrogen-bond donors (Lipinski definition) is 1. The molecule has 0 spiro atoms. The average Bonchev–Trinajstić information content (AvgIpc) is 2.20. The first-order valence-electron chi connectivity index (χ1n) is 4.70. The van der Waals surface area contributed by atoms with E-state index in [0.29, 0.717) is 5.56 Å². The van der Waals surface area contributed by atoms with Crippen molar-refractivity contribution in [2.45, 2.75) is 13.3 Å². The number of rotatable bonds is 4. The molecule has 0 radical (unpaired) electrons. The van der Waals surface area contributed by atoms with Gasteiger partial charge in [0, 0.05) is 6.92 Å². The maximum Gasteiger partial charge on any atom is 0.308 e. The first-order chi connectivity index (χ1) is 7.93. The van der Waals surface area contributed by atoms with E-state index in [0.717, 1.165) is 0 Å². The van der Waals surface area contributed by atoms with Crippen LogP contribution in [0.15, 0.2) is 12.1 Å². The van der Waals surface area contributed by atoms with Crippen molar-refractivity contribution < 1.29 is 24.2 Å². The normalized spacial score (nSPS) is 9.82. The molecule has 1 aromatic rings. The zero-order valence-corrected chi connectivity index (χ0v) is 10.1. The topological polar surface area (TPSA) is 72.8 Å². The van der Waals surface area contributed by atoms with Gasteiger partial charge in [-0.2, -0.15) is 0 Å². The highest BCUT2D eigenvalue weighted by atomic mass is 35.5. The van der Waals surface area contributed by atoms with Crippen LogP contribution in [0, 0.1) is 0 Å². The minimum Gasteiger partial charge on any atom is -0.493 e. The Morgan fingerprint density at radius 2 is 2.06 bits per heavy atom. The molecule has 6 heteroatoms. The van der Waals surface area contributed by atoms with Crippen LogP contribution in [-0.2, 0) is 16.0 Å². The van der Waals surface area contributed by atoms with Gasteiger partial charge in [-0.3, -0.25) is 9.59 Å². The number of methoxy groups -OCH3 is 1. The third-order valence-electron chi connectivity index (χ3n) is 1.89. The minimum absolute atomic E-state index is 0.0933. The monoisotopic (exact) mass is 258 g/mol. The average molecular weight is 259 g/mol. The molecule has 0 aliphatic heterocycles. The summed E-state index contributed by atoms with van der Waals surface area (Å²) in [5.41, 5.74) is 0.468. The Bertz CT molecular complexity index is 455. The summed E-state index contributed by atoms with van der Waals surface area (Å²) in [6, 6.07) is 2.90. The van der Waals surface area contributed by atoms with Crippen LogP contribution < -0.4 is 9.47 Å². The lowest BCUT2D eigenvalue weighted by atomic mass is 10.1. The Hall–Kier alpha value is -1.75. The fourth-order valence-electron chi connectivity index (χ4n) is 1.29. The predicted octanol–water partition coefficient (Wildman–Crippen LogP) is 1.90. The van der Waals surface area contributed by atoms with Crippen molar-refractivity contribution >= 4 is 23.5 Å². The number of ether oxygens (including phenoxy) is 2. The number of carbonyl (C=O) groups excluding carboxylic acids is 1. The molecule has 92 valence electrons. The molecule has 1 N–H and O–H groups in total. The van der Waals surface area contributed by atoms with Crippen LogP contribution in [0.3, 0.4) is 0 Å². The Balaban J connectivity index is 3.15. The molecular weight excluding hydrogens is 248 g/mol. The zero-order chi connectivity index (χ0) is 13.0. The van der Waals surface area contributed by atoms with Crippen molar-refractivity contribution in [3.63, 3.8) is 0 Å². The summed E-state index contributed by atoms with van der Waals surface area (Å²) in [4.78, 5) is 21.4. The van der Waals surface area contributed by atoms with Crippen LogP contribution >= 0.6 is 11.6 Å². The summed E-state index contributed by atoms with van der Waals surface area (Å²) < 4.78 is 9.88. The standard InChI is InChI=1S/C11H11ClO5/c1-6(13)17-11-8(12)3-7(5-10(14)15)4-9(11)16-2/h3-4H,5H2,1-2H3,(H,14,15). The molecule has 0 bridgehead atoms. The van der Waals surface area contributed by atoms with Gasteiger partial charge in [-0.05, 0) is 17.7 Å². The molecule has 17 heavy (non-hydrogen) atoms. The second-order valence-electron chi connectivity index (χ2n) is 3.27. The summed E-state index contributed by atoms with van der Waals surface area (Å²) in [5, 5.41) is 8.80. The zero-order valence-electron chi connectivity index (χ0n) is 9.32. The molecule has 0 heterocycles. The summed E-state index contributed by atoms with van der Waals surface area (Å²) in [6.07, 6.45) is -0.184. The van der Waals surface area contributed by atoms with E-state index < -0.39 is 11.9 Å². The van der Waals surface area contributed by atoms with Gasteiger partial charge < -0.3 is 14.6 Å². The van der Waals surface area contributed by atoms with Gasteiger partial charge in [0.25, 0.3) is 0 Å². The molecule has 0 saturated carbocycles. The van der Waals surface area contributed by atoms with E-state index in [1.54, 1.807) is 0 Å². The molecule has 0 amide bonds. The Morgan fingerprint density at radius 1 is 1.41 bits per heavy atom. The fourth-order valence-corrected chi connectivity index (χ4v) is 1.56. The van der Waals surface area contributed by atoms with Gasteiger partial charge >= 0.3 is 11.9 Å². The van der Waals surface area contributed by atoms with E-state index in [1.165, 1.54) is 26.2 Å². The van der Waals surface area contributed by atoms with E-state index in [9.17, 15) is 9.59 Å². The predicted molar refractivity (Wildman–Crippen MR) is 60.7 cm³/mol. The van der Waals surface area contributed by atoms with Crippen molar-refractivity contribution in [3.8, 4) is 11.5 Å². The molecule has 0 atom stereocenters. The van der Waals surface area contributed by atoms with Crippen molar-refractivity contribution in [1.82, 2.24) is 0 Å². The van der Waals surface area contributed by atoms with Gasteiger partial charge in [0.1, 0.15) is 0 Å². The lowest BCUT2D eigenvalue weighted by Crippen LogP contribution is -2.05. The molecule has 0 aliphatic carbocycles. The first kappa shape index (κ1) is 13.3. The number of carbonyl (C=O) groups is 2. The smallest absolute Gasteiger partial charge is 0.308 e. The third kappa shape index (κ3) is 3.64. The number of benzene rings is 1. The van der Waals surface area contributed by atoms with Crippen molar-refractivity contribution in [1.29, 1.82) is 0 Å². The molecule has 1 aromatic carbocycles. The summed E-state index contributed by atoms with van der Waals surface area (Å²) in [7, 11) is 1.38. The number of halogens is 1. The Morgan fingerprint density at radius 3 is 2.53 bits per heavy atom. The van der Waals surface area contributed by atoms with Crippen LogP contribution in [0.1, 0.15) is 12.5 Å². The second-order valence-corrected chi connectivity index (χ2v) is 3.68. The highest BCUT2D eigenvalue weighted by Gasteiger charge is 2.15. The maximum atomic E-state index is 10.9. The van der Waals surface area contributed by atoms with E-state index in [2.05, 4.69) is 0 Å². The quantitative estimate of drug-likeness (QED) is 0.660. The van der Waals surface area contributed by atoms with Crippen LogP contribution in [0.2, 0.25) is 5.02 Å².